The van der Waals surface area contributed by atoms with Crippen LogP contribution in [0.2, 0.25) is 0 Å². The van der Waals surface area contributed by atoms with Crippen molar-refractivity contribution < 1.29 is 26.3 Å². The monoisotopic (exact) mass is 749 g/mol. The number of fused-ring (bicyclic) bond motifs is 6. The average Bonchev–Trinajstić information content (AvgIpc) is 3.97. The van der Waals surface area contributed by atoms with E-state index in [2.05, 4.69) is 21.0 Å². The van der Waals surface area contributed by atoms with Crippen LogP contribution in [-0.2, 0) is 0 Å². The topological polar surface area (TPSA) is 51.8 Å². The molecule has 0 aliphatic heterocycles. The first-order valence-electron chi connectivity index (χ1n) is 25.4. The van der Waals surface area contributed by atoms with E-state index in [1.165, 1.54) is 11.3 Å². The van der Waals surface area contributed by atoms with Gasteiger partial charge in [0, 0.05) is 42.1 Å². The Morgan fingerprint density at radius 1 is 0.429 bits per heavy atom. The van der Waals surface area contributed by atoms with Gasteiger partial charge in [-0.3, -0.25) is 0 Å². The molecule has 3 heterocycles. The Balaban J connectivity index is 1.23. The minimum absolute atomic E-state index is 0.0246. The third-order valence-corrected chi connectivity index (χ3v) is 10.6. The molecule has 56 heavy (non-hydrogen) atoms. The van der Waals surface area contributed by atoms with Crippen molar-refractivity contribution in [3.63, 3.8) is 0 Å². The summed E-state index contributed by atoms with van der Waals surface area (Å²) in [4.78, 5) is 13.2. The molecule has 3 aromatic heterocycles. The number of benzene rings is 8. The van der Waals surface area contributed by atoms with Crippen LogP contribution >= 0.6 is 11.3 Å². The first-order valence-corrected chi connectivity index (χ1v) is 18.2. The summed E-state index contributed by atoms with van der Waals surface area (Å²) in [5.74, 6) is -1.87. The Bertz CT molecular complexity index is 4050. The maximum Gasteiger partial charge on any atom is 0.167 e. The molecule has 262 valence electrons. The maximum atomic E-state index is 9.92. The molecule has 0 aliphatic carbocycles. The summed E-state index contributed by atoms with van der Waals surface area (Å²) < 4.78 is 150. The first-order chi connectivity index (χ1) is 34.4. The molecule has 0 unspecified atom stereocenters. The summed E-state index contributed by atoms with van der Waals surface area (Å²) in [5, 5.41) is 1.11. The zero-order valence-corrected chi connectivity index (χ0v) is 29.6. The molecule has 0 N–H and O–H groups in total. The van der Waals surface area contributed by atoms with Gasteiger partial charge in [0.2, 0.25) is 0 Å². The minimum atomic E-state index is -0.767. The fraction of sp³-hybridized carbons (Fsp3) is 0. The maximum absolute atomic E-state index is 9.92. The summed E-state index contributed by atoms with van der Waals surface area (Å²) in [5.41, 5.74) is 1.75. The molecule has 0 amide bonds. The van der Waals surface area contributed by atoms with Gasteiger partial charge in [0.15, 0.2) is 17.5 Å². The van der Waals surface area contributed by atoms with Crippen molar-refractivity contribution >= 4 is 53.4 Å². The molecule has 0 fully saturated rings. The van der Waals surface area contributed by atoms with E-state index in [9.17, 15) is 6.85 Å². The second-order valence-corrected chi connectivity index (χ2v) is 13.8. The van der Waals surface area contributed by atoms with Crippen LogP contribution in [0.25, 0.3) is 110 Å². The zero-order valence-electron chi connectivity index (χ0n) is 44.8. The highest BCUT2D eigenvalue weighted by molar-refractivity contribution is 7.26. The van der Waals surface area contributed by atoms with E-state index in [0.29, 0.717) is 5.56 Å². The Hall–Kier alpha value is -7.21. The highest BCUT2D eigenvalue weighted by atomic mass is 32.1. The molecule has 11 aromatic rings. The van der Waals surface area contributed by atoms with Crippen molar-refractivity contribution in [2.45, 2.75) is 0 Å². The van der Waals surface area contributed by atoms with Crippen LogP contribution in [0.15, 0.2) is 192 Å². The van der Waals surface area contributed by atoms with Gasteiger partial charge in [-0.25, -0.2) is 15.0 Å². The van der Waals surface area contributed by atoms with E-state index in [-0.39, 0.29) is 28.0 Å². The summed E-state index contributed by atoms with van der Waals surface area (Å²) in [6.07, 6.45) is 0. The molecule has 0 atom stereocenters. The Morgan fingerprint density at radius 2 is 1.09 bits per heavy atom. The SMILES string of the molecule is [2H]c1c([2H])c([2H])c(-c2nc(-c3c([2H])c([2H])c([2H])c([2H])c3[2H])nc(-c3c([2H])c([2H])c([2H])c4c3oc3c([2H])c(-c5cc(-c6ccccc6-c6ccccc6)cc6sc7ccccc7c56)c([2H])c([2H])c34)n2)c([2H])c1[2H]. The Labute approximate surface area is 349 Å². The van der Waals surface area contributed by atoms with E-state index < -0.39 is 130 Å². The van der Waals surface area contributed by atoms with Crippen LogP contribution < -0.4 is 0 Å². The van der Waals surface area contributed by atoms with Crippen molar-refractivity contribution in [3.8, 4) is 67.5 Å². The van der Waals surface area contributed by atoms with E-state index in [0.717, 1.165) is 42.4 Å². The summed E-state index contributed by atoms with van der Waals surface area (Å²) in [6.45, 7) is 0. The second-order valence-electron chi connectivity index (χ2n) is 12.7. The van der Waals surface area contributed by atoms with E-state index in [1.807, 2.05) is 84.9 Å². The molecule has 0 spiro atoms. The van der Waals surface area contributed by atoms with Crippen molar-refractivity contribution in [1.82, 2.24) is 15.0 Å². The largest absolute Gasteiger partial charge is 0.455 e. The average molecular weight is 750 g/mol. The van der Waals surface area contributed by atoms with Gasteiger partial charge in [-0.15, -0.1) is 11.3 Å². The Morgan fingerprint density at radius 3 is 1.84 bits per heavy atom. The normalized spacial score (nSPS) is 15.6. The number of aromatic nitrogens is 3. The molecule has 4 nitrogen and oxygen atoms in total. The summed E-state index contributed by atoms with van der Waals surface area (Å²) in [6, 6.07) is 18.5. The van der Waals surface area contributed by atoms with Crippen LogP contribution in [0.1, 0.15) is 21.9 Å². The molecular weight excluding hydrogens is 703 g/mol. The number of hydrogen-bond acceptors (Lipinski definition) is 5. The van der Waals surface area contributed by atoms with Gasteiger partial charge in [0.1, 0.15) is 11.2 Å². The smallest absolute Gasteiger partial charge is 0.167 e. The molecule has 5 heteroatoms. The van der Waals surface area contributed by atoms with E-state index in [1.54, 1.807) is 0 Å². The number of para-hydroxylation sites is 1. The van der Waals surface area contributed by atoms with Gasteiger partial charge < -0.3 is 4.42 Å². The number of hydrogen-bond donors (Lipinski definition) is 0. The molecule has 0 radical (unpaired) electrons. The van der Waals surface area contributed by atoms with E-state index >= 15 is 0 Å². The van der Waals surface area contributed by atoms with Crippen molar-refractivity contribution in [1.29, 1.82) is 0 Å². The fourth-order valence-electron chi connectivity index (χ4n) is 6.96. The van der Waals surface area contributed by atoms with Crippen LogP contribution in [0.5, 0.6) is 0 Å². The third-order valence-electron chi connectivity index (χ3n) is 9.44. The molecule has 8 aromatic carbocycles. The summed E-state index contributed by atoms with van der Waals surface area (Å²) >= 11 is 1.53. The Kier molecular flexibility index (Phi) is 4.72. The van der Waals surface area contributed by atoms with Gasteiger partial charge in [0.05, 0.1) is 27.5 Å². The predicted molar refractivity (Wildman–Crippen MR) is 233 cm³/mol. The molecule has 0 aliphatic rings. The molecule has 0 saturated heterocycles. The van der Waals surface area contributed by atoms with Gasteiger partial charge in [-0.2, -0.15) is 0 Å². The second kappa shape index (κ2) is 13.3. The number of rotatable bonds is 6. The van der Waals surface area contributed by atoms with E-state index in [4.69, 9.17) is 19.5 Å². The fourth-order valence-corrected chi connectivity index (χ4v) is 8.13. The standard InChI is InChI=1S/C51H31N3OS/c1-4-15-32(16-5-1)37-21-10-11-22-38(37)36-29-43(47-41-23-12-13-26-45(41)56-46(47)31-36)35-27-28-39-40-24-14-25-42(48(40)55-44(39)30-35)51-53-49(33-17-6-2-7-18-33)52-50(54-51)34-19-8-3-9-20-34/h1-31H/i2D,3D,6D,7D,8D,9D,14D,17D,18D,19D,20D,24D,25D,27D,28D,30D. The van der Waals surface area contributed by atoms with Crippen molar-refractivity contribution in [2.24, 2.45) is 0 Å². The van der Waals surface area contributed by atoms with Gasteiger partial charge >= 0.3 is 0 Å². The van der Waals surface area contributed by atoms with Crippen LogP contribution in [-0.4, -0.2) is 15.0 Å². The van der Waals surface area contributed by atoms with Crippen LogP contribution in [0.3, 0.4) is 0 Å². The number of nitrogens with zero attached hydrogens (tertiary/aromatic N) is 3. The molecule has 11 rings (SSSR count). The lowest BCUT2D eigenvalue weighted by Crippen LogP contribution is -2.00. The quantitative estimate of drug-likeness (QED) is 0.170. The first kappa shape index (κ1) is 19.9. The van der Waals surface area contributed by atoms with Crippen LogP contribution in [0.4, 0.5) is 0 Å². The lowest BCUT2D eigenvalue weighted by molar-refractivity contribution is 0.669. The third kappa shape index (κ3) is 5.48. The van der Waals surface area contributed by atoms with Gasteiger partial charge in [0.25, 0.3) is 0 Å². The lowest BCUT2D eigenvalue weighted by Gasteiger charge is -2.13. The van der Waals surface area contributed by atoms with Crippen molar-refractivity contribution in [2.75, 3.05) is 0 Å². The molecule has 0 saturated carbocycles. The summed E-state index contributed by atoms with van der Waals surface area (Å²) in [7, 11) is 0. The number of furan rings is 1. The highest BCUT2D eigenvalue weighted by Crippen LogP contribution is 2.45. The molecular formula is C51H31N3OS. The lowest BCUT2D eigenvalue weighted by atomic mass is 9.90. The predicted octanol–water partition coefficient (Wildman–Crippen LogP) is 14.1. The highest BCUT2D eigenvalue weighted by Gasteiger charge is 2.20. The molecule has 0 bridgehead atoms. The van der Waals surface area contributed by atoms with Crippen molar-refractivity contribution in [3.05, 3.63) is 188 Å². The van der Waals surface area contributed by atoms with Gasteiger partial charge in [-0.05, 0) is 69.7 Å². The van der Waals surface area contributed by atoms with Crippen LogP contribution in [0, 0.1) is 0 Å². The zero-order chi connectivity index (χ0) is 50.9. The minimum Gasteiger partial charge on any atom is -0.455 e. The van der Waals surface area contributed by atoms with Gasteiger partial charge in [-0.1, -0.05) is 151 Å². The number of thiophene rings is 1.